The maximum absolute atomic E-state index is 5.57. The molecule has 0 radical (unpaired) electrons. The first-order valence-electron chi connectivity index (χ1n) is 3.54. The third kappa shape index (κ3) is 1.17. The molecule has 1 aromatic heterocycles. The summed E-state index contributed by atoms with van der Waals surface area (Å²) in [5, 5.41) is 0.166. The first-order valence-corrected chi connectivity index (χ1v) is 3.92. The van der Waals surface area contributed by atoms with Gasteiger partial charge in [-0.05, 0) is 29.3 Å². The lowest BCUT2D eigenvalue weighted by Crippen LogP contribution is -1.94. The maximum atomic E-state index is 5.57. The van der Waals surface area contributed by atoms with Gasteiger partial charge in [0.2, 0.25) is 0 Å². The Hall–Kier alpha value is -1.06. The average molecular weight is 183 g/mol. The van der Waals surface area contributed by atoms with Crippen molar-refractivity contribution in [1.82, 2.24) is 4.98 Å². The lowest BCUT2D eigenvalue weighted by Gasteiger charge is -1.92. The number of hydrogen-bond acceptors (Lipinski definition) is 3. The van der Waals surface area contributed by atoms with Crippen molar-refractivity contribution in [1.29, 1.82) is 0 Å². The summed E-state index contributed by atoms with van der Waals surface area (Å²) in [6.07, 6.45) is 0. The fourth-order valence-electron chi connectivity index (χ4n) is 1.07. The molecule has 0 aliphatic heterocycles. The van der Waals surface area contributed by atoms with E-state index in [4.69, 9.17) is 21.8 Å². The first kappa shape index (κ1) is 7.58. The molecule has 62 valence electrons. The van der Waals surface area contributed by atoms with E-state index in [0.717, 1.165) is 11.1 Å². The molecule has 2 N–H and O–H groups in total. The number of aromatic nitrogens is 1. The highest BCUT2D eigenvalue weighted by Crippen LogP contribution is 2.19. The van der Waals surface area contributed by atoms with Crippen molar-refractivity contribution in [2.75, 3.05) is 0 Å². The Balaban J connectivity index is 2.66. The second kappa shape index (κ2) is 2.77. The van der Waals surface area contributed by atoms with Gasteiger partial charge < -0.3 is 10.2 Å². The van der Waals surface area contributed by atoms with Crippen LogP contribution < -0.4 is 5.73 Å². The lowest BCUT2D eigenvalue weighted by atomic mass is 10.2. The second-order valence-corrected chi connectivity index (χ2v) is 2.80. The summed E-state index contributed by atoms with van der Waals surface area (Å²) in [7, 11) is 0. The van der Waals surface area contributed by atoms with E-state index in [9.17, 15) is 0 Å². The van der Waals surface area contributed by atoms with Crippen molar-refractivity contribution in [2.24, 2.45) is 5.73 Å². The van der Waals surface area contributed by atoms with Crippen LogP contribution in [0.3, 0.4) is 0 Å². The van der Waals surface area contributed by atoms with E-state index in [1.807, 2.05) is 18.2 Å². The van der Waals surface area contributed by atoms with Gasteiger partial charge in [0.15, 0.2) is 5.58 Å². The van der Waals surface area contributed by atoms with Crippen LogP contribution in [0.4, 0.5) is 0 Å². The minimum absolute atomic E-state index is 0.166. The molecule has 0 atom stereocenters. The molecule has 0 amide bonds. The molecule has 12 heavy (non-hydrogen) atoms. The van der Waals surface area contributed by atoms with E-state index < -0.39 is 0 Å². The standard InChI is InChI=1S/C8H7ClN2O/c9-8-11-6-2-1-5(4-10)3-7(6)12-8/h1-3H,4,10H2. The van der Waals surface area contributed by atoms with Crippen molar-refractivity contribution >= 4 is 22.7 Å². The van der Waals surface area contributed by atoms with E-state index in [1.165, 1.54) is 0 Å². The van der Waals surface area contributed by atoms with Crippen molar-refractivity contribution < 1.29 is 4.42 Å². The van der Waals surface area contributed by atoms with Crippen LogP contribution in [0.5, 0.6) is 0 Å². The summed E-state index contributed by atoms with van der Waals surface area (Å²) < 4.78 is 5.11. The largest absolute Gasteiger partial charge is 0.428 e. The zero-order chi connectivity index (χ0) is 8.55. The van der Waals surface area contributed by atoms with E-state index in [2.05, 4.69) is 4.98 Å². The Labute approximate surface area is 74.1 Å². The Morgan fingerprint density at radius 1 is 1.50 bits per heavy atom. The van der Waals surface area contributed by atoms with Gasteiger partial charge in [-0.1, -0.05) is 6.07 Å². The van der Waals surface area contributed by atoms with E-state index in [1.54, 1.807) is 0 Å². The molecule has 1 heterocycles. The third-order valence-corrected chi connectivity index (χ3v) is 1.82. The summed E-state index contributed by atoms with van der Waals surface area (Å²) in [5.74, 6) is 0. The number of nitrogens with two attached hydrogens (primary N) is 1. The zero-order valence-electron chi connectivity index (χ0n) is 6.25. The van der Waals surface area contributed by atoms with Gasteiger partial charge in [-0.2, -0.15) is 4.98 Å². The van der Waals surface area contributed by atoms with Gasteiger partial charge in [0, 0.05) is 6.54 Å². The molecule has 0 aliphatic rings. The van der Waals surface area contributed by atoms with Crippen molar-refractivity contribution in [3.8, 4) is 0 Å². The fraction of sp³-hybridized carbons (Fsp3) is 0.125. The van der Waals surface area contributed by atoms with Gasteiger partial charge in [0.1, 0.15) is 5.52 Å². The summed E-state index contributed by atoms with van der Waals surface area (Å²) in [6.45, 7) is 0.494. The summed E-state index contributed by atoms with van der Waals surface area (Å²) in [6, 6.07) is 5.59. The van der Waals surface area contributed by atoms with Crippen LogP contribution in [0.1, 0.15) is 5.56 Å². The van der Waals surface area contributed by atoms with Crippen molar-refractivity contribution in [3.05, 3.63) is 29.1 Å². The lowest BCUT2D eigenvalue weighted by molar-refractivity contribution is 0.604. The van der Waals surface area contributed by atoms with Crippen LogP contribution in [0.15, 0.2) is 22.6 Å². The molecule has 0 spiro atoms. The van der Waals surface area contributed by atoms with Gasteiger partial charge in [0.05, 0.1) is 0 Å². The molecular formula is C8H7ClN2O. The highest BCUT2D eigenvalue weighted by molar-refractivity contribution is 6.28. The molecule has 2 rings (SSSR count). The van der Waals surface area contributed by atoms with Crippen LogP contribution in [-0.4, -0.2) is 4.98 Å². The van der Waals surface area contributed by atoms with E-state index in [0.29, 0.717) is 12.1 Å². The van der Waals surface area contributed by atoms with Gasteiger partial charge in [-0.25, -0.2) is 0 Å². The number of nitrogens with zero attached hydrogens (tertiary/aromatic N) is 1. The fourth-order valence-corrected chi connectivity index (χ4v) is 1.24. The normalized spacial score (nSPS) is 10.8. The van der Waals surface area contributed by atoms with Gasteiger partial charge in [0.25, 0.3) is 5.35 Å². The second-order valence-electron chi connectivity index (χ2n) is 2.47. The highest BCUT2D eigenvalue weighted by atomic mass is 35.5. The predicted octanol–water partition coefficient (Wildman–Crippen LogP) is 1.94. The van der Waals surface area contributed by atoms with Crippen LogP contribution in [0.25, 0.3) is 11.1 Å². The number of benzene rings is 1. The van der Waals surface area contributed by atoms with E-state index >= 15 is 0 Å². The van der Waals surface area contributed by atoms with E-state index in [-0.39, 0.29) is 5.35 Å². The summed E-state index contributed by atoms with van der Waals surface area (Å²) in [5.41, 5.74) is 7.91. The third-order valence-electron chi connectivity index (χ3n) is 1.66. The molecular weight excluding hydrogens is 176 g/mol. The Kier molecular flexibility index (Phi) is 1.75. The zero-order valence-corrected chi connectivity index (χ0v) is 7.01. The Bertz CT molecular complexity index is 410. The topological polar surface area (TPSA) is 52.0 Å². The monoisotopic (exact) mass is 182 g/mol. The van der Waals surface area contributed by atoms with Crippen LogP contribution in [-0.2, 0) is 6.54 Å². The number of oxazole rings is 1. The van der Waals surface area contributed by atoms with Crippen molar-refractivity contribution in [2.45, 2.75) is 6.54 Å². The molecule has 2 aromatic rings. The minimum Gasteiger partial charge on any atom is -0.428 e. The molecule has 3 nitrogen and oxygen atoms in total. The number of halogens is 1. The summed E-state index contributed by atoms with van der Waals surface area (Å²) in [4.78, 5) is 3.95. The molecule has 0 fully saturated rings. The maximum Gasteiger partial charge on any atom is 0.293 e. The van der Waals surface area contributed by atoms with Crippen LogP contribution in [0.2, 0.25) is 5.35 Å². The number of rotatable bonds is 1. The molecule has 0 saturated carbocycles. The molecule has 0 bridgehead atoms. The molecule has 0 saturated heterocycles. The van der Waals surface area contributed by atoms with Crippen LogP contribution >= 0.6 is 11.6 Å². The van der Waals surface area contributed by atoms with Crippen molar-refractivity contribution in [3.63, 3.8) is 0 Å². The van der Waals surface area contributed by atoms with Gasteiger partial charge >= 0.3 is 0 Å². The van der Waals surface area contributed by atoms with Gasteiger partial charge in [-0.15, -0.1) is 0 Å². The Morgan fingerprint density at radius 3 is 3.08 bits per heavy atom. The predicted molar refractivity (Wildman–Crippen MR) is 46.9 cm³/mol. The summed E-state index contributed by atoms with van der Waals surface area (Å²) >= 11 is 5.57. The Morgan fingerprint density at radius 2 is 2.33 bits per heavy atom. The quantitative estimate of drug-likeness (QED) is 0.734. The molecule has 0 unspecified atom stereocenters. The first-order chi connectivity index (χ1) is 5.79. The van der Waals surface area contributed by atoms with Gasteiger partial charge in [-0.3, -0.25) is 0 Å². The molecule has 1 aromatic carbocycles. The average Bonchev–Trinajstić information content (AvgIpc) is 2.43. The SMILES string of the molecule is NCc1ccc2nc(Cl)oc2c1. The van der Waals surface area contributed by atoms with Crippen LogP contribution in [0, 0.1) is 0 Å². The molecule has 0 aliphatic carbocycles. The number of fused-ring (bicyclic) bond motifs is 1. The minimum atomic E-state index is 0.166. The highest BCUT2D eigenvalue weighted by Gasteiger charge is 2.02. The molecule has 4 heteroatoms. The number of hydrogen-bond donors (Lipinski definition) is 1. The smallest absolute Gasteiger partial charge is 0.293 e.